The highest BCUT2D eigenvalue weighted by Crippen LogP contribution is 2.15. The molecular formula is C3H6OS. The molecule has 0 aromatic heterocycles. The molecule has 0 amide bonds. The third kappa shape index (κ3) is 0.578. The molecule has 30 valence electrons. The minimum absolute atomic E-state index is 0.0278. The summed E-state index contributed by atoms with van der Waals surface area (Å²) in [6, 6.07) is 0. The predicted octanol–water partition coefficient (Wildman–Crippen LogP) is 0.0941. The summed E-state index contributed by atoms with van der Waals surface area (Å²) in [7, 11) is 0. The average molecular weight is 90.1 g/mol. The zero-order valence-electron chi connectivity index (χ0n) is 2.85. The molecule has 1 fully saturated rings. The van der Waals surface area contributed by atoms with Gasteiger partial charge in [0.1, 0.15) is 0 Å². The quantitative estimate of drug-likeness (QED) is 0.455. The van der Waals surface area contributed by atoms with E-state index >= 15 is 0 Å². The highest BCUT2D eigenvalue weighted by molar-refractivity contribution is 8.00. The van der Waals surface area contributed by atoms with Gasteiger partial charge in [-0.25, -0.2) is 0 Å². The molecule has 1 heterocycles. The van der Waals surface area contributed by atoms with Crippen molar-refractivity contribution in [1.82, 2.24) is 0 Å². The van der Waals surface area contributed by atoms with E-state index in [0.717, 1.165) is 11.5 Å². The minimum Gasteiger partial charge on any atom is -0.391 e. The van der Waals surface area contributed by atoms with E-state index in [2.05, 4.69) is 0 Å². The number of aliphatic hydroxyl groups is 1. The average Bonchev–Trinajstić information content (AvgIpc) is 1.30. The number of thioether (sulfide) groups is 1. The van der Waals surface area contributed by atoms with E-state index in [-0.39, 0.29) is 6.10 Å². The van der Waals surface area contributed by atoms with Gasteiger partial charge in [-0.2, -0.15) is 11.8 Å². The second-order valence-corrected chi connectivity index (χ2v) is 2.27. The number of hydrogen-bond donors (Lipinski definition) is 1. The second kappa shape index (κ2) is 1.19. The normalized spacial score (nSPS) is 25.8. The molecular weight excluding hydrogens is 84.1 g/mol. The standard InChI is InChI=1S/C3H6OS/c4-3-1-5-2-3/h3-4H,1-2H2. The van der Waals surface area contributed by atoms with Crippen LogP contribution in [0, 0.1) is 0 Å². The molecule has 1 aliphatic rings. The van der Waals surface area contributed by atoms with Crippen molar-refractivity contribution in [2.75, 3.05) is 11.5 Å². The first-order chi connectivity index (χ1) is 2.39. The summed E-state index contributed by atoms with van der Waals surface area (Å²) in [6.07, 6.45) is 0.0278. The lowest BCUT2D eigenvalue weighted by molar-refractivity contribution is 0.214. The molecule has 0 bridgehead atoms. The molecule has 0 unspecified atom stereocenters. The fraction of sp³-hybridized carbons (Fsp3) is 1.00. The SMILES string of the molecule is OC1CSC1. The molecule has 1 N–H and O–H groups in total. The summed E-state index contributed by atoms with van der Waals surface area (Å²) < 4.78 is 0. The first-order valence-corrected chi connectivity index (χ1v) is 2.81. The molecule has 2 heteroatoms. The van der Waals surface area contributed by atoms with Gasteiger partial charge in [0.25, 0.3) is 0 Å². The van der Waals surface area contributed by atoms with Gasteiger partial charge in [0.2, 0.25) is 0 Å². The van der Waals surface area contributed by atoms with Crippen molar-refractivity contribution in [3.05, 3.63) is 0 Å². The number of rotatable bonds is 0. The molecule has 0 spiro atoms. The monoisotopic (exact) mass is 90.0 g/mol. The molecule has 0 aliphatic carbocycles. The van der Waals surface area contributed by atoms with Crippen molar-refractivity contribution in [1.29, 1.82) is 0 Å². The van der Waals surface area contributed by atoms with E-state index < -0.39 is 0 Å². The van der Waals surface area contributed by atoms with E-state index in [1.54, 1.807) is 11.8 Å². The van der Waals surface area contributed by atoms with Gasteiger partial charge in [-0.15, -0.1) is 0 Å². The van der Waals surface area contributed by atoms with Crippen LogP contribution in [0.15, 0.2) is 0 Å². The topological polar surface area (TPSA) is 20.2 Å². The molecule has 5 heavy (non-hydrogen) atoms. The summed E-state index contributed by atoms with van der Waals surface area (Å²) in [5.74, 6) is 1.92. The number of aliphatic hydroxyl groups excluding tert-OH is 1. The highest BCUT2D eigenvalue weighted by atomic mass is 32.2. The predicted molar refractivity (Wildman–Crippen MR) is 23.3 cm³/mol. The minimum atomic E-state index is 0.0278. The maximum Gasteiger partial charge on any atom is 0.0720 e. The van der Waals surface area contributed by atoms with Gasteiger partial charge in [0, 0.05) is 11.5 Å². The molecule has 0 atom stereocenters. The Morgan fingerprint density at radius 1 is 1.60 bits per heavy atom. The van der Waals surface area contributed by atoms with Crippen LogP contribution in [0.4, 0.5) is 0 Å². The Labute approximate surface area is 35.4 Å². The Morgan fingerprint density at radius 2 is 2.00 bits per heavy atom. The molecule has 0 aromatic carbocycles. The maximum atomic E-state index is 8.43. The summed E-state index contributed by atoms with van der Waals surface area (Å²) in [6.45, 7) is 0. The summed E-state index contributed by atoms with van der Waals surface area (Å²) in [5, 5.41) is 8.43. The lowest BCUT2D eigenvalue weighted by Crippen LogP contribution is -2.23. The van der Waals surface area contributed by atoms with Crippen LogP contribution < -0.4 is 0 Å². The Morgan fingerprint density at radius 3 is 2.00 bits per heavy atom. The van der Waals surface area contributed by atoms with E-state index in [1.807, 2.05) is 0 Å². The smallest absolute Gasteiger partial charge is 0.0720 e. The van der Waals surface area contributed by atoms with Crippen LogP contribution in [-0.2, 0) is 0 Å². The maximum absolute atomic E-state index is 8.43. The largest absolute Gasteiger partial charge is 0.391 e. The van der Waals surface area contributed by atoms with Crippen LogP contribution >= 0.6 is 11.8 Å². The fourth-order valence-corrected chi connectivity index (χ4v) is 0.670. The molecule has 1 rings (SSSR count). The zero-order valence-corrected chi connectivity index (χ0v) is 3.66. The molecule has 1 nitrogen and oxygen atoms in total. The van der Waals surface area contributed by atoms with Crippen LogP contribution in [0.25, 0.3) is 0 Å². The van der Waals surface area contributed by atoms with Gasteiger partial charge in [-0.3, -0.25) is 0 Å². The summed E-state index contributed by atoms with van der Waals surface area (Å²) in [4.78, 5) is 0. The summed E-state index contributed by atoms with van der Waals surface area (Å²) >= 11 is 1.80. The first-order valence-electron chi connectivity index (χ1n) is 1.65. The van der Waals surface area contributed by atoms with Gasteiger partial charge in [0.15, 0.2) is 0 Å². The Bertz CT molecular complexity index is 33.9. The van der Waals surface area contributed by atoms with Crippen LogP contribution in [0.1, 0.15) is 0 Å². The van der Waals surface area contributed by atoms with Crippen molar-refractivity contribution >= 4 is 11.8 Å². The van der Waals surface area contributed by atoms with Crippen LogP contribution in [0.5, 0.6) is 0 Å². The van der Waals surface area contributed by atoms with Crippen molar-refractivity contribution in [2.45, 2.75) is 6.10 Å². The van der Waals surface area contributed by atoms with Gasteiger partial charge in [0.05, 0.1) is 6.10 Å². The summed E-state index contributed by atoms with van der Waals surface area (Å²) in [5.41, 5.74) is 0. The van der Waals surface area contributed by atoms with Crippen molar-refractivity contribution < 1.29 is 5.11 Å². The van der Waals surface area contributed by atoms with Gasteiger partial charge < -0.3 is 5.11 Å². The van der Waals surface area contributed by atoms with E-state index in [1.165, 1.54) is 0 Å². The third-order valence-electron chi connectivity index (χ3n) is 0.620. The fourth-order valence-electron chi connectivity index (χ4n) is 0.223. The highest BCUT2D eigenvalue weighted by Gasteiger charge is 2.12. The molecule has 0 radical (unpaired) electrons. The van der Waals surface area contributed by atoms with Crippen molar-refractivity contribution in [3.8, 4) is 0 Å². The van der Waals surface area contributed by atoms with E-state index in [9.17, 15) is 0 Å². The second-order valence-electron chi connectivity index (χ2n) is 1.19. The Balaban J connectivity index is 2.08. The van der Waals surface area contributed by atoms with Crippen LogP contribution in [0.3, 0.4) is 0 Å². The number of hydrogen-bond acceptors (Lipinski definition) is 2. The zero-order chi connectivity index (χ0) is 3.70. The van der Waals surface area contributed by atoms with Gasteiger partial charge in [-0.1, -0.05) is 0 Å². The lowest BCUT2D eigenvalue weighted by Gasteiger charge is -2.17. The molecule has 1 saturated heterocycles. The van der Waals surface area contributed by atoms with Crippen molar-refractivity contribution in [2.24, 2.45) is 0 Å². The van der Waals surface area contributed by atoms with Crippen LogP contribution in [0.2, 0.25) is 0 Å². The van der Waals surface area contributed by atoms with Gasteiger partial charge in [-0.05, 0) is 0 Å². The third-order valence-corrected chi connectivity index (χ3v) is 1.86. The van der Waals surface area contributed by atoms with Crippen molar-refractivity contribution in [3.63, 3.8) is 0 Å². The Hall–Kier alpha value is 0.310. The molecule has 0 aromatic rings. The lowest BCUT2D eigenvalue weighted by atomic mass is 10.5. The molecule has 0 saturated carbocycles. The molecule has 1 aliphatic heterocycles. The van der Waals surface area contributed by atoms with Gasteiger partial charge >= 0.3 is 0 Å². The van der Waals surface area contributed by atoms with E-state index in [4.69, 9.17) is 5.11 Å². The van der Waals surface area contributed by atoms with E-state index in [0.29, 0.717) is 0 Å². The Kier molecular flexibility index (Phi) is 0.830. The first kappa shape index (κ1) is 3.50. The van der Waals surface area contributed by atoms with Crippen LogP contribution in [-0.4, -0.2) is 22.7 Å².